The zero-order valence-corrected chi connectivity index (χ0v) is 13.6. The van der Waals surface area contributed by atoms with Crippen molar-refractivity contribution in [2.24, 2.45) is 5.92 Å². The van der Waals surface area contributed by atoms with Crippen LogP contribution < -0.4 is 25.3 Å². The fourth-order valence-corrected chi connectivity index (χ4v) is 3.99. The maximum Gasteiger partial charge on any atom is 0.231 e. The molecule has 1 spiro atoms. The van der Waals surface area contributed by atoms with Gasteiger partial charge in [-0.1, -0.05) is 18.2 Å². The van der Waals surface area contributed by atoms with Gasteiger partial charge in [-0.05, 0) is 18.9 Å². The number of ether oxygens (including phenoxy) is 3. The summed E-state index contributed by atoms with van der Waals surface area (Å²) in [5.74, 6) is 2.03. The molecular weight excluding hydrogens is 320 g/mol. The molecule has 3 N–H and O–H groups in total. The van der Waals surface area contributed by atoms with E-state index in [1.807, 2.05) is 18.2 Å². The molecule has 6 nitrogen and oxygen atoms in total. The topological polar surface area (TPSA) is 82.8 Å². The molecule has 2 aromatic rings. The van der Waals surface area contributed by atoms with E-state index >= 15 is 0 Å². The van der Waals surface area contributed by atoms with Crippen LogP contribution in [-0.2, 0) is 10.2 Å². The number of nitrogens with two attached hydrogens (primary N) is 1. The standard InChI is InChI=1S/C19H18N2O4/c20-13-7-16-17(25-10-24-16)8-14(13)21-18(22)12-9-19(12)5-6-23-15-4-2-1-3-11(15)19/h1-4,7-8,12H,5-6,9-10,20H2,(H,21,22)/t12-,19+/m1/s1. The number of hydrogen-bond acceptors (Lipinski definition) is 5. The van der Waals surface area contributed by atoms with Crippen LogP contribution in [0.15, 0.2) is 36.4 Å². The Bertz CT molecular complexity index is 882. The van der Waals surface area contributed by atoms with Crippen molar-refractivity contribution in [2.45, 2.75) is 18.3 Å². The van der Waals surface area contributed by atoms with Crippen LogP contribution in [0.25, 0.3) is 0 Å². The first kappa shape index (κ1) is 14.5. The number of para-hydroxylation sites is 1. The largest absolute Gasteiger partial charge is 0.493 e. The van der Waals surface area contributed by atoms with Crippen LogP contribution in [0.1, 0.15) is 18.4 Å². The molecule has 2 aliphatic heterocycles. The van der Waals surface area contributed by atoms with Crippen molar-refractivity contribution in [1.29, 1.82) is 0 Å². The Balaban J connectivity index is 1.39. The highest BCUT2D eigenvalue weighted by Gasteiger charge is 2.61. The van der Waals surface area contributed by atoms with E-state index in [-0.39, 0.29) is 24.0 Å². The minimum atomic E-state index is -0.107. The maximum atomic E-state index is 12.8. The fourth-order valence-electron chi connectivity index (χ4n) is 3.99. The number of carbonyl (C=O) groups is 1. The molecule has 0 aromatic heterocycles. The summed E-state index contributed by atoms with van der Waals surface area (Å²) in [7, 11) is 0. The van der Waals surface area contributed by atoms with Crippen LogP contribution in [0.2, 0.25) is 0 Å². The first-order valence-electron chi connectivity index (χ1n) is 8.40. The summed E-state index contributed by atoms with van der Waals surface area (Å²) >= 11 is 0. The first-order chi connectivity index (χ1) is 12.2. The average Bonchev–Trinajstić information content (AvgIpc) is 3.15. The van der Waals surface area contributed by atoms with Crippen molar-refractivity contribution in [3.8, 4) is 17.2 Å². The molecule has 1 saturated carbocycles. The molecule has 5 rings (SSSR count). The lowest BCUT2D eigenvalue weighted by Gasteiger charge is -2.26. The van der Waals surface area contributed by atoms with E-state index in [1.165, 1.54) is 0 Å². The highest BCUT2D eigenvalue weighted by Crippen LogP contribution is 2.61. The van der Waals surface area contributed by atoms with Gasteiger partial charge < -0.3 is 25.3 Å². The molecule has 1 fully saturated rings. The number of nitrogen functional groups attached to an aromatic ring is 1. The van der Waals surface area contributed by atoms with Gasteiger partial charge >= 0.3 is 0 Å². The Morgan fingerprint density at radius 1 is 1.12 bits per heavy atom. The minimum Gasteiger partial charge on any atom is -0.493 e. The van der Waals surface area contributed by atoms with Crippen molar-refractivity contribution in [1.82, 2.24) is 0 Å². The molecule has 2 aromatic carbocycles. The third-order valence-corrected chi connectivity index (χ3v) is 5.42. The third-order valence-electron chi connectivity index (χ3n) is 5.42. The summed E-state index contributed by atoms with van der Waals surface area (Å²) in [5.41, 5.74) is 8.11. The van der Waals surface area contributed by atoms with Crippen molar-refractivity contribution in [2.75, 3.05) is 24.5 Å². The molecule has 128 valence electrons. The average molecular weight is 338 g/mol. The van der Waals surface area contributed by atoms with Crippen molar-refractivity contribution >= 4 is 17.3 Å². The second kappa shape index (κ2) is 5.05. The Kier molecular flexibility index (Phi) is 2.92. The van der Waals surface area contributed by atoms with Crippen LogP contribution in [0, 0.1) is 5.92 Å². The number of hydrogen-bond donors (Lipinski definition) is 2. The zero-order valence-electron chi connectivity index (χ0n) is 13.6. The molecule has 3 aliphatic rings. The number of anilines is 2. The number of nitrogens with one attached hydrogen (secondary N) is 1. The summed E-state index contributed by atoms with van der Waals surface area (Å²) < 4.78 is 16.4. The van der Waals surface area contributed by atoms with Gasteiger partial charge in [0.1, 0.15) is 5.75 Å². The van der Waals surface area contributed by atoms with E-state index in [4.69, 9.17) is 19.9 Å². The third kappa shape index (κ3) is 2.13. The summed E-state index contributed by atoms with van der Waals surface area (Å²) in [6.45, 7) is 0.821. The second-order valence-electron chi connectivity index (χ2n) is 6.79. The highest BCUT2D eigenvalue weighted by molar-refractivity contribution is 5.99. The van der Waals surface area contributed by atoms with Crippen molar-refractivity contribution in [3.63, 3.8) is 0 Å². The predicted molar refractivity (Wildman–Crippen MR) is 91.9 cm³/mol. The van der Waals surface area contributed by atoms with Crippen LogP contribution >= 0.6 is 0 Å². The van der Waals surface area contributed by atoms with Gasteiger partial charge in [-0.2, -0.15) is 0 Å². The van der Waals surface area contributed by atoms with Gasteiger partial charge in [0, 0.05) is 29.0 Å². The number of carbonyl (C=O) groups excluding carboxylic acids is 1. The van der Waals surface area contributed by atoms with Gasteiger partial charge in [-0.15, -0.1) is 0 Å². The van der Waals surface area contributed by atoms with Gasteiger partial charge in [-0.3, -0.25) is 4.79 Å². The van der Waals surface area contributed by atoms with Crippen molar-refractivity contribution < 1.29 is 19.0 Å². The monoisotopic (exact) mass is 338 g/mol. The van der Waals surface area contributed by atoms with E-state index in [0.29, 0.717) is 29.5 Å². The van der Waals surface area contributed by atoms with Gasteiger partial charge in [0.25, 0.3) is 0 Å². The van der Waals surface area contributed by atoms with Crippen LogP contribution in [-0.4, -0.2) is 19.3 Å². The number of fused-ring (bicyclic) bond motifs is 3. The van der Waals surface area contributed by atoms with Gasteiger partial charge in [0.2, 0.25) is 12.7 Å². The van der Waals surface area contributed by atoms with Gasteiger partial charge in [-0.25, -0.2) is 0 Å². The molecule has 0 unspecified atom stereocenters. The molecular formula is C19H18N2O4. The Morgan fingerprint density at radius 3 is 2.80 bits per heavy atom. The van der Waals surface area contributed by atoms with E-state index < -0.39 is 0 Å². The Morgan fingerprint density at radius 2 is 1.92 bits per heavy atom. The smallest absolute Gasteiger partial charge is 0.231 e. The quantitative estimate of drug-likeness (QED) is 0.823. The molecule has 25 heavy (non-hydrogen) atoms. The van der Waals surface area contributed by atoms with Crippen LogP contribution in [0.5, 0.6) is 17.2 Å². The molecule has 2 heterocycles. The molecule has 0 saturated heterocycles. The van der Waals surface area contributed by atoms with Crippen molar-refractivity contribution in [3.05, 3.63) is 42.0 Å². The lowest BCUT2D eigenvalue weighted by molar-refractivity contribution is -0.117. The van der Waals surface area contributed by atoms with E-state index in [9.17, 15) is 4.79 Å². The normalized spacial score (nSPS) is 25.2. The SMILES string of the molecule is Nc1cc2c(cc1NC(=O)[C@H]1C[C@]13CCOc1ccccc13)OCO2. The molecule has 1 aliphatic carbocycles. The van der Waals surface area contributed by atoms with Crippen LogP contribution in [0.3, 0.4) is 0 Å². The van der Waals surface area contributed by atoms with Crippen LogP contribution in [0.4, 0.5) is 11.4 Å². The lowest BCUT2D eigenvalue weighted by atomic mass is 9.87. The van der Waals surface area contributed by atoms with E-state index in [2.05, 4.69) is 11.4 Å². The predicted octanol–water partition coefficient (Wildman–Crippen LogP) is 2.68. The summed E-state index contributed by atoms with van der Waals surface area (Å²) in [5, 5.41) is 2.96. The number of amides is 1. The van der Waals surface area contributed by atoms with Gasteiger partial charge in [0.15, 0.2) is 11.5 Å². The molecule has 0 radical (unpaired) electrons. The maximum absolute atomic E-state index is 12.8. The summed E-state index contributed by atoms with van der Waals surface area (Å²) in [6, 6.07) is 11.4. The first-order valence-corrected chi connectivity index (χ1v) is 8.40. The molecule has 0 bridgehead atoms. The molecule has 2 atom stereocenters. The van der Waals surface area contributed by atoms with E-state index in [0.717, 1.165) is 24.2 Å². The Labute approximate surface area is 144 Å². The summed E-state index contributed by atoms with van der Waals surface area (Å²) in [6.07, 6.45) is 1.70. The lowest BCUT2D eigenvalue weighted by Crippen LogP contribution is -2.26. The zero-order chi connectivity index (χ0) is 17.0. The number of benzene rings is 2. The Hall–Kier alpha value is -2.89. The van der Waals surface area contributed by atoms with E-state index in [1.54, 1.807) is 12.1 Å². The highest BCUT2D eigenvalue weighted by atomic mass is 16.7. The second-order valence-corrected chi connectivity index (χ2v) is 6.79. The fraction of sp³-hybridized carbons (Fsp3) is 0.316. The molecule has 1 amide bonds. The van der Waals surface area contributed by atoms with Gasteiger partial charge in [0.05, 0.1) is 18.0 Å². The summed E-state index contributed by atoms with van der Waals surface area (Å²) in [4.78, 5) is 12.8. The molecule has 6 heteroatoms. The minimum absolute atomic E-state index is 0.0118. The number of rotatable bonds is 2.